The molecule has 26 heavy (non-hydrogen) atoms. The smallest absolute Gasteiger partial charge is 0.133 e. The maximum atomic E-state index is 5.68. The second-order valence-electron chi connectivity index (χ2n) is 6.50. The first-order chi connectivity index (χ1) is 12.8. The van der Waals surface area contributed by atoms with Crippen molar-refractivity contribution >= 4 is 10.9 Å². The lowest BCUT2D eigenvalue weighted by Gasteiger charge is -2.14. The Morgan fingerprint density at radius 1 is 0.769 bits per heavy atom. The van der Waals surface area contributed by atoms with Gasteiger partial charge in [0, 0.05) is 16.5 Å². The number of nitrogens with zero attached hydrogens (tertiary/aromatic N) is 1. The van der Waals surface area contributed by atoms with E-state index < -0.39 is 0 Å². The van der Waals surface area contributed by atoms with Gasteiger partial charge in [0.05, 0.1) is 18.3 Å². The van der Waals surface area contributed by atoms with Crippen LogP contribution in [0.5, 0.6) is 5.75 Å². The van der Waals surface area contributed by atoms with Crippen LogP contribution in [0.2, 0.25) is 0 Å². The van der Waals surface area contributed by atoms with E-state index in [0.717, 1.165) is 39.9 Å². The van der Waals surface area contributed by atoms with Gasteiger partial charge >= 0.3 is 0 Å². The second-order valence-corrected chi connectivity index (χ2v) is 6.50. The molecule has 0 fully saturated rings. The van der Waals surface area contributed by atoms with Crippen molar-refractivity contribution in [2.45, 2.75) is 13.3 Å². The molecule has 0 aliphatic rings. The van der Waals surface area contributed by atoms with Crippen LogP contribution in [0.25, 0.3) is 22.2 Å². The highest BCUT2D eigenvalue weighted by atomic mass is 16.5. The van der Waals surface area contributed by atoms with E-state index in [1.807, 2.05) is 24.3 Å². The van der Waals surface area contributed by atoms with Gasteiger partial charge in [-0.2, -0.15) is 0 Å². The summed E-state index contributed by atoms with van der Waals surface area (Å²) >= 11 is 0. The Hall–Kier alpha value is -3.13. The van der Waals surface area contributed by atoms with Gasteiger partial charge in [-0.3, -0.25) is 0 Å². The van der Waals surface area contributed by atoms with Crippen LogP contribution in [0.15, 0.2) is 78.9 Å². The minimum Gasteiger partial charge on any atom is -0.496 e. The summed E-state index contributed by atoms with van der Waals surface area (Å²) in [5.74, 6) is 0.902. The van der Waals surface area contributed by atoms with Crippen LogP contribution < -0.4 is 4.74 Å². The van der Waals surface area contributed by atoms with Crippen molar-refractivity contribution < 1.29 is 4.74 Å². The average Bonchev–Trinajstić information content (AvgIpc) is 2.69. The van der Waals surface area contributed by atoms with Gasteiger partial charge in [-0.25, -0.2) is 4.98 Å². The van der Waals surface area contributed by atoms with E-state index in [4.69, 9.17) is 9.72 Å². The van der Waals surface area contributed by atoms with Gasteiger partial charge in [-0.05, 0) is 36.6 Å². The number of ether oxygens (including phenoxy) is 1. The normalized spacial score (nSPS) is 10.8. The molecule has 0 atom stereocenters. The molecule has 0 N–H and O–H groups in total. The predicted molar refractivity (Wildman–Crippen MR) is 108 cm³/mol. The van der Waals surface area contributed by atoms with Crippen LogP contribution in [0.4, 0.5) is 0 Å². The maximum Gasteiger partial charge on any atom is 0.133 e. The lowest BCUT2D eigenvalue weighted by molar-refractivity contribution is 0.416. The van der Waals surface area contributed by atoms with E-state index in [1.54, 1.807) is 7.11 Å². The van der Waals surface area contributed by atoms with Gasteiger partial charge in [-0.15, -0.1) is 0 Å². The highest BCUT2D eigenvalue weighted by Crippen LogP contribution is 2.34. The van der Waals surface area contributed by atoms with Crippen molar-refractivity contribution in [1.82, 2.24) is 4.98 Å². The Morgan fingerprint density at radius 2 is 1.42 bits per heavy atom. The Kier molecular flexibility index (Phi) is 4.40. The quantitative estimate of drug-likeness (QED) is 0.468. The van der Waals surface area contributed by atoms with Gasteiger partial charge in [0.2, 0.25) is 0 Å². The molecule has 3 aromatic carbocycles. The maximum absolute atomic E-state index is 5.68. The number of hydrogen-bond acceptors (Lipinski definition) is 2. The van der Waals surface area contributed by atoms with Gasteiger partial charge in [0.1, 0.15) is 5.75 Å². The number of rotatable bonds is 4. The number of fused-ring (bicyclic) bond motifs is 1. The molecule has 0 unspecified atom stereocenters. The van der Waals surface area contributed by atoms with Crippen molar-refractivity contribution in [3.63, 3.8) is 0 Å². The number of hydrogen-bond donors (Lipinski definition) is 0. The van der Waals surface area contributed by atoms with E-state index in [1.165, 1.54) is 11.1 Å². The molecule has 0 saturated carbocycles. The fourth-order valence-electron chi connectivity index (χ4n) is 3.43. The summed E-state index contributed by atoms with van der Waals surface area (Å²) in [5.41, 5.74) is 6.74. The highest BCUT2D eigenvalue weighted by molar-refractivity contribution is 5.90. The first kappa shape index (κ1) is 16.3. The first-order valence-electron chi connectivity index (χ1n) is 8.83. The molecule has 0 aliphatic carbocycles. The number of benzene rings is 3. The molecule has 0 amide bonds. The third-order valence-electron chi connectivity index (χ3n) is 4.76. The first-order valence-corrected chi connectivity index (χ1v) is 8.83. The average molecular weight is 339 g/mol. The standard InChI is InChI=1S/C24H21NO/c1-17-23(25-22-11-7-6-10-21(22)24(17)26-2)20-14-12-19(13-15-20)16-18-8-4-3-5-9-18/h3-15H,16H2,1-2H3. The van der Waals surface area contributed by atoms with Gasteiger partial charge < -0.3 is 4.74 Å². The molecule has 1 heterocycles. The summed E-state index contributed by atoms with van der Waals surface area (Å²) in [5, 5.41) is 1.05. The van der Waals surface area contributed by atoms with Crippen molar-refractivity contribution in [2.24, 2.45) is 0 Å². The molecule has 4 aromatic rings. The predicted octanol–water partition coefficient (Wildman–Crippen LogP) is 5.81. The lowest BCUT2D eigenvalue weighted by atomic mass is 9.99. The minimum atomic E-state index is 0.902. The monoisotopic (exact) mass is 339 g/mol. The molecular weight excluding hydrogens is 318 g/mol. The van der Waals surface area contributed by atoms with Crippen LogP contribution in [0.3, 0.4) is 0 Å². The molecular formula is C24H21NO. The lowest BCUT2D eigenvalue weighted by Crippen LogP contribution is -1.96. The molecule has 4 rings (SSSR count). The molecule has 2 nitrogen and oxygen atoms in total. The summed E-state index contributed by atoms with van der Waals surface area (Å²) in [6.45, 7) is 2.07. The SMILES string of the molecule is COc1c(C)c(-c2ccc(Cc3ccccc3)cc2)nc2ccccc12. The highest BCUT2D eigenvalue weighted by Gasteiger charge is 2.13. The molecule has 0 bridgehead atoms. The van der Waals surface area contributed by atoms with E-state index in [-0.39, 0.29) is 0 Å². The van der Waals surface area contributed by atoms with Crippen LogP contribution in [-0.4, -0.2) is 12.1 Å². The zero-order valence-electron chi connectivity index (χ0n) is 15.1. The van der Waals surface area contributed by atoms with Gasteiger partial charge in [-0.1, -0.05) is 66.7 Å². The van der Waals surface area contributed by atoms with Crippen LogP contribution in [0, 0.1) is 6.92 Å². The topological polar surface area (TPSA) is 22.1 Å². The third-order valence-corrected chi connectivity index (χ3v) is 4.76. The van der Waals surface area contributed by atoms with Crippen molar-refractivity contribution in [2.75, 3.05) is 7.11 Å². The molecule has 0 radical (unpaired) electrons. The number of aromatic nitrogens is 1. The van der Waals surface area contributed by atoms with Crippen molar-refractivity contribution in [3.8, 4) is 17.0 Å². The largest absolute Gasteiger partial charge is 0.496 e. The van der Waals surface area contributed by atoms with Gasteiger partial charge in [0.15, 0.2) is 0 Å². The Labute approximate surface area is 154 Å². The number of para-hydroxylation sites is 1. The summed E-state index contributed by atoms with van der Waals surface area (Å²) < 4.78 is 5.68. The molecule has 128 valence electrons. The zero-order chi connectivity index (χ0) is 17.9. The van der Waals surface area contributed by atoms with Crippen LogP contribution in [0.1, 0.15) is 16.7 Å². The van der Waals surface area contributed by atoms with Crippen LogP contribution in [-0.2, 0) is 6.42 Å². The summed E-state index contributed by atoms with van der Waals surface area (Å²) in [6.07, 6.45) is 0.939. The second kappa shape index (κ2) is 7.01. The Bertz CT molecular complexity index is 1040. The Morgan fingerprint density at radius 3 is 2.15 bits per heavy atom. The fraction of sp³-hybridized carbons (Fsp3) is 0.125. The van der Waals surface area contributed by atoms with Gasteiger partial charge in [0.25, 0.3) is 0 Å². The molecule has 0 aliphatic heterocycles. The van der Waals surface area contributed by atoms with E-state index >= 15 is 0 Å². The summed E-state index contributed by atoms with van der Waals surface area (Å²) in [6, 6.07) is 27.3. The Balaban J connectivity index is 1.72. The van der Waals surface area contributed by atoms with Crippen LogP contribution >= 0.6 is 0 Å². The molecule has 2 heteroatoms. The van der Waals surface area contributed by atoms with E-state index in [0.29, 0.717) is 0 Å². The summed E-state index contributed by atoms with van der Waals surface area (Å²) in [7, 11) is 1.72. The fourth-order valence-corrected chi connectivity index (χ4v) is 3.43. The van der Waals surface area contributed by atoms with E-state index in [9.17, 15) is 0 Å². The zero-order valence-corrected chi connectivity index (χ0v) is 15.1. The molecule has 0 saturated heterocycles. The van der Waals surface area contributed by atoms with Crippen molar-refractivity contribution in [1.29, 1.82) is 0 Å². The number of methoxy groups -OCH3 is 1. The van der Waals surface area contributed by atoms with E-state index in [2.05, 4.69) is 61.5 Å². The molecule has 0 spiro atoms. The minimum absolute atomic E-state index is 0.902. The third kappa shape index (κ3) is 3.06. The molecule has 1 aromatic heterocycles. The summed E-state index contributed by atoms with van der Waals surface area (Å²) in [4.78, 5) is 4.89. The van der Waals surface area contributed by atoms with Crippen molar-refractivity contribution in [3.05, 3.63) is 95.6 Å². The number of pyridine rings is 1.